The Morgan fingerprint density at radius 3 is 2.53 bits per heavy atom. The van der Waals surface area contributed by atoms with Crippen molar-refractivity contribution < 1.29 is 13.2 Å². The molecule has 0 aliphatic heterocycles. The summed E-state index contributed by atoms with van der Waals surface area (Å²) in [4.78, 5) is 3.78. The Balaban J connectivity index is 0.00000112. The number of fused-ring (bicyclic) bond motifs is 1. The Kier molecular flexibility index (Phi) is 3.11. The van der Waals surface area contributed by atoms with E-state index in [2.05, 4.69) is 4.98 Å². The molecule has 2 rings (SSSR count). The molecule has 2 aromatic rings. The van der Waals surface area contributed by atoms with Gasteiger partial charge in [0.05, 0.1) is 15.8 Å². The van der Waals surface area contributed by atoms with E-state index in [1.807, 2.05) is 0 Å². The maximum atomic E-state index is 12.3. The summed E-state index contributed by atoms with van der Waals surface area (Å²) in [5.41, 5.74) is 4.97. The van der Waals surface area contributed by atoms with Crippen LogP contribution in [0.1, 0.15) is 5.56 Å². The van der Waals surface area contributed by atoms with Gasteiger partial charge in [0.1, 0.15) is 0 Å². The van der Waals surface area contributed by atoms with Gasteiger partial charge >= 0.3 is 6.18 Å². The van der Waals surface area contributed by atoms with Crippen molar-refractivity contribution in [3.63, 3.8) is 0 Å². The monoisotopic (exact) mass is 254 g/mol. The minimum absolute atomic E-state index is 0. The van der Waals surface area contributed by atoms with E-state index in [1.165, 1.54) is 17.4 Å². The second-order valence-corrected chi connectivity index (χ2v) is 3.79. The SMILES string of the molecule is Cl.Nc1nc2cc(C(F)(F)F)ccc2s1. The van der Waals surface area contributed by atoms with Gasteiger partial charge in [-0.3, -0.25) is 0 Å². The number of aromatic nitrogens is 1. The minimum atomic E-state index is -4.33. The molecule has 1 aromatic heterocycles. The van der Waals surface area contributed by atoms with Crippen LogP contribution in [-0.4, -0.2) is 4.98 Å². The van der Waals surface area contributed by atoms with E-state index in [1.54, 1.807) is 0 Å². The highest BCUT2D eigenvalue weighted by Gasteiger charge is 2.30. The first kappa shape index (κ1) is 12.1. The molecule has 0 radical (unpaired) electrons. The van der Waals surface area contributed by atoms with Crippen molar-refractivity contribution in [2.45, 2.75) is 6.18 Å². The second-order valence-electron chi connectivity index (χ2n) is 2.73. The summed E-state index contributed by atoms with van der Waals surface area (Å²) in [6.45, 7) is 0. The molecule has 1 aromatic carbocycles. The van der Waals surface area contributed by atoms with E-state index in [4.69, 9.17) is 5.73 Å². The van der Waals surface area contributed by atoms with Crippen molar-refractivity contribution in [2.75, 3.05) is 5.73 Å². The molecular weight excluding hydrogens is 249 g/mol. The highest BCUT2D eigenvalue weighted by atomic mass is 35.5. The first-order valence-corrected chi connectivity index (χ1v) is 4.52. The summed E-state index contributed by atoms with van der Waals surface area (Å²) in [6.07, 6.45) is -4.33. The summed E-state index contributed by atoms with van der Waals surface area (Å²) >= 11 is 1.17. The molecular formula is C8H6ClF3N2S. The molecule has 7 heteroatoms. The molecule has 0 fully saturated rings. The largest absolute Gasteiger partial charge is 0.416 e. The fourth-order valence-electron chi connectivity index (χ4n) is 1.12. The van der Waals surface area contributed by atoms with Crippen LogP contribution >= 0.6 is 23.7 Å². The maximum Gasteiger partial charge on any atom is 0.416 e. The van der Waals surface area contributed by atoms with Crippen molar-refractivity contribution >= 4 is 39.1 Å². The van der Waals surface area contributed by atoms with Crippen LogP contribution in [0.15, 0.2) is 18.2 Å². The van der Waals surface area contributed by atoms with Crippen molar-refractivity contribution in [2.24, 2.45) is 0 Å². The molecule has 0 aliphatic rings. The number of hydrogen-bond acceptors (Lipinski definition) is 3. The van der Waals surface area contributed by atoms with Gasteiger partial charge in [0, 0.05) is 0 Å². The quantitative estimate of drug-likeness (QED) is 0.783. The van der Waals surface area contributed by atoms with Crippen LogP contribution in [0.2, 0.25) is 0 Å². The third kappa shape index (κ3) is 2.32. The van der Waals surface area contributed by atoms with E-state index >= 15 is 0 Å². The average Bonchev–Trinajstić information content (AvgIpc) is 2.41. The van der Waals surface area contributed by atoms with Crippen LogP contribution in [0.25, 0.3) is 10.2 Å². The lowest BCUT2D eigenvalue weighted by molar-refractivity contribution is -0.137. The van der Waals surface area contributed by atoms with Gasteiger partial charge in [0.2, 0.25) is 0 Å². The number of rotatable bonds is 0. The summed E-state index contributed by atoms with van der Waals surface area (Å²) in [5, 5.41) is 0.277. The molecule has 15 heavy (non-hydrogen) atoms. The molecule has 0 saturated carbocycles. The first-order valence-electron chi connectivity index (χ1n) is 3.70. The normalized spacial score (nSPS) is 11.4. The number of nitrogen functional groups attached to an aromatic ring is 1. The van der Waals surface area contributed by atoms with Gasteiger partial charge in [-0.15, -0.1) is 12.4 Å². The van der Waals surface area contributed by atoms with E-state index in [9.17, 15) is 13.2 Å². The fourth-order valence-corrected chi connectivity index (χ4v) is 1.84. The molecule has 0 aliphatic carbocycles. The predicted octanol–water partition coefficient (Wildman–Crippen LogP) is 3.32. The van der Waals surface area contributed by atoms with Crippen molar-refractivity contribution in [3.05, 3.63) is 23.8 Å². The number of hydrogen-bond donors (Lipinski definition) is 1. The summed E-state index contributed by atoms with van der Waals surface area (Å²) in [7, 11) is 0. The topological polar surface area (TPSA) is 38.9 Å². The van der Waals surface area contributed by atoms with Crippen LogP contribution in [0, 0.1) is 0 Å². The molecule has 2 N–H and O–H groups in total. The number of benzene rings is 1. The highest BCUT2D eigenvalue weighted by Crippen LogP contribution is 2.33. The lowest BCUT2D eigenvalue weighted by atomic mass is 10.2. The molecule has 2 nitrogen and oxygen atoms in total. The van der Waals surface area contributed by atoms with Crippen LogP contribution in [0.5, 0.6) is 0 Å². The molecule has 0 saturated heterocycles. The van der Waals surface area contributed by atoms with Gasteiger partial charge in [-0.25, -0.2) is 4.98 Å². The number of halogens is 4. The number of alkyl halides is 3. The van der Waals surface area contributed by atoms with Gasteiger partial charge in [0.25, 0.3) is 0 Å². The summed E-state index contributed by atoms with van der Waals surface area (Å²) in [5.74, 6) is 0. The molecule has 82 valence electrons. The standard InChI is InChI=1S/C8H5F3N2S.ClH/c9-8(10,11)4-1-2-6-5(3-4)13-7(12)14-6;/h1-3H,(H2,12,13);1H. The minimum Gasteiger partial charge on any atom is -0.375 e. The van der Waals surface area contributed by atoms with Crippen LogP contribution < -0.4 is 5.73 Å². The Morgan fingerprint density at radius 2 is 1.93 bits per heavy atom. The zero-order valence-corrected chi connectivity index (χ0v) is 8.84. The van der Waals surface area contributed by atoms with E-state index in [0.717, 1.165) is 12.1 Å². The van der Waals surface area contributed by atoms with Crippen molar-refractivity contribution in [3.8, 4) is 0 Å². The molecule has 0 spiro atoms. The zero-order chi connectivity index (χ0) is 10.3. The van der Waals surface area contributed by atoms with Crippen LogP contribution in [0.4, 0.5) is 18.3 Å². The van der Waals surface area contributed by atoms with Crippen LogP contribution in [-0.2, 0) is 6.18 Å². The number of nitrogens with two attached hydrogens (primary N) is 1. The molecule has 1 heterocycles. The average molecular weight is 255 g/mol. The third-order valence-corrected chi connectivity index (χ3v) is 2.60. The van der Waals surface area contributed by atoms with E-state index in [-0.39, 0.29) is 17.5 Å². The Hall–Kier alpha value is -1.01. The Bertz CT molecular complexity index is 480. The molecule has 0 bridgehead atoms. The second kappa shape index (κ2) is 3.86. The lowest BCUT2D eigenvalue weighted by Gasteiger charge is -2.04. The number of thiazole rings is 1. The predicted molar refractivity (Wildman–Crippen MR) is 56.3 cm³/mol. The molecule has 0 unspecified atom stereocenters. The van der Waals surface area contributed by atoms with E-state index in [0.29, 0.717) is 10.2 Å². The van der Waals surface area contributed by atoms with Gasteiger partial charge in [0.15, 0.2) is 5.13 Å². The van der Waals surface area contributed by atoms with Crippen molar-refractivity contribution in [1.82, 2.24) is 4.98 Å². The summed E-state index contributed by atoms with van der Waals surface area (Å²) < 4.78 is 37.5. The highest BCUT2D eigenvalue weighted by molar-refractivity contribution is 7.22. The first-order chi connectivity index (χ1) is 6.47. The van der Waals surface area contributed by atoms with Crippen molar-refractivity contribution in [1.29, 1.82) is 0 Å². The Morgan fingerprint density at radius 1 is 1.27 bits per heavy atom. The van der Waals surface area contributed by atoms with Gasteiger partial charge in [-0.05, 0) is 18.2 Å². The van der Waals surface area contributed by atoms with Gasteiger partial charge < -0.3 is 5.73 Å². The number of nitrogens with zero attached hydrogens (tertiary/aromatic N) is 1. The maximum absolute atomic E-state index is 12.3. The van der Waals surface area contributed by atoms with Crippen LogP contribution in [0.3, 0.4) is 0 Å². The lowest BCUT2D eigenvalue weighted by Crippen LogP contribution is -2.03. The molecule has 0 atom stereocenters. The summed E-state index contributed by atoms with van der Waals surface area (Å²) in [6, 6.07) is 3.41. The van der Waals surface area contributed by atoms with Gasteiger partial charge in [-0.1, -0.05) is 11.3 Å². The zero-order valence-electron chi connectivity index (χ0n) is 7.21. The third-order valence-electron chi connectivity index (χ3n) is 1.73. The van der Waals surface area contributed by atoms with E-state index < -0.39 is 11.7 Å². The van der Waals surface area contributed by atoms with Gasteiger partial charge in [-0.2, -0.15) is 13.2 Å². The Labute approximate surface area is 93.3 Å². The number of anilines is 1. The fraction of sp³-hybridized carbons (Fsp3) is 0.125. The smallest absolute Gasteiger partial charge is 0.375 e. The molecule has 0 amide bonds.